The van der Waals surface area contributed by atoms with E-state index in [0.717, 1.165) is 6.42 Å². The van der Waals surface area contributed by atoms with Gasteiger partial charge in [0.05, 0.1) is 6.10 Å². The van der Waals surface area contributed by atoms with Crippen LogP contribution in [-0.4, -0.2) is 37.0 Å². The Morgan fingerprint density at radius 1 is 1.60 bits per heavy atom. The van der Waals surface area contributed by atoms with Gasteiger partial charge in [0.15, 0.2) is 6.10 Å². The Morgan fingerprint density at radius 2 is 2.20 bits per heavy atom. The van der Waals surface area contributed by atoms with E-state index in [1.165, 1.54) is 7.11 Å². The number of hydrogen-bond donors (Lipinski definition) is 1. The van der Waals surface area contributed by atoms with Crippen LogP contribution in [0.15, 0.2) is 0 Å². The summed E-state index contributed by atoms with van der Waals surface area (Å²) in [6.07, 6.45) is 0.241. The predicted octanol–water partition coefficient (Wildman–Crippen LogP) is 1.54. The quantitative estimate of drug-likeness (QED) is 0.774. The molecule has 0 aromatic rings. The Bertz CT molecular complexity index is 237. The highest BCUT2D eigenvalue weighted by atomic mass is 16.5. The largest absolute Gasteiger partial charge is 0.479 e. The molecule has 1 N–H and O–H groups in total. The van der Waals surface area contributed by atoms with E-state index in [1.807, 2.05) is 20.8 Å². The minimum atomic E-state index is -0.901. The first-order valence-electron chi connectivity index (χ1n) is 5.28. The van der Waals surface area contributed by atoms with Gasteiger partial charge in [0.25, 0.3) is 0 Å². The van der Waals surface area contributed by atoms with E-state index < -0.39 is 17.5 Å². The van der Waals surface area contributed by atoms with Crippen LogP contribution in [0, 0.1) is 11.3 Å². The van der Waals surface area contributed by atoms with Gasteiger partial charge in [-0.25, -0.2) is 4.79 Å². The smallest absolute Gasteiger partial charge is 0.333 e. The van der Waals surface area contributed by atoms with Crippen LogP contribution in [-0.2, 0) is 14.3 Å². The van der Waals surface area contributed by atoms with Gasteiger partial charge in [-0.2, -0.15) is 0 Å². The highest BCUT2D eigenvalue weighted by Gasteiger charge is 2.46. The molecule has 1 rings (SSSR count). The molecule has 0 bridgehead atoms. The Labute approximate surface area is 90.6 Å². The van der Waals surface area contributed by atoms with Gasteiger partial charge in [0, 0.05) is 19.1 Å². The maximum Gasteiger partial charge on any atom is 0.333 e. The zero-order valence-electron chi connectivity index (χ0n) is 9.82. The number of ether oxygens (including phenoxy) is 2. The van der Waals surface area contributed by atoms with Crippen LogP contribution in [0.25, 0.3) is 0 Å². The van der Waals surface area contributed by atoms with Crippen LogP contribution < -0.4 is 0 Å². The van der Waals surface area contributed by atoms with E-state index in [0.29, 0.717) is 6.61 Å². The van der Waals surface area contributed by atoms with Crippen molar-refractivity contribution in [2.45, 2.75) is 39.4 Å². The molecule has 3 unspecified atom stereocenters. The fourth-order valence-electron chi connectivity index (χ4n) is 2.63. The fraction of sp³-hybridized carbons (Fsp3) is 0.909. The molecule has 0 spiro atoms. The van der Waals surface area contributed by atoms with E-state index in [-0.39, 0.29) is 12.0 Å². The van der Waals surface area contributed by atoms with E-state index in [2.05, 4.69) is 0 Å². The number of rotatable bonds is 4. The molecular weight excluding hydrogens is 196 g/mol. The molecule has 0 aromatic heterocycles. The van der Waals surface area contributed by atoms with Gasteiger partial charge in [0.1, 0.15) is 0 Å². The highest BCUT2D eigenvalue weighted by Crippen LogP contribution is 2.40. The molecule has 15 heavy (non-hydrogen) atoms. The summed E-state index contributed by atoms with van der Waals surface area (Å²) in [7, 11) is 1.45. The summed E-state index contributed by atoms with van der Waals surface area (Å²) in [5, 5.41) is 9.09. The van der Waals surface area contributed by atoms with Crippen LogP contribution in [0.4, 0.5) is 0 Å². The zero-order chi connectivity index (χ0) is 11.6. The van der Waals surface area contributed by atoms with Gasteiger partial charge < -0.3 is 14.6 Å². The van der Waals surface area contributed by atoms with Gasteiger partial charge >= 0.3 is 5.97 Å². The minimum absolute atomic E-state index is 0.108. The lowest BCUT2D eigenvalue weighted by molar-refractivity contribution is -0.160. The molecule has 1 heterocycles. The summed E-state index contributed by atoms with van der Waals surface area (Å²) in [5.74, 6) is -0.667. The molecule has 1 aliphatic heterocycles. The molecule has 4 heteroatoms. The summed E-state index contributed by atoms with van der Waals surface area (Å²) in [5.41, 5.74) is -0.406. The van der Waals surface area contributed by atoms with Crippen molar-refractivity contribution in [3.05, 3.63) is 0 Å². The Balaban J connectivity index is 2.83. The number of carboxylic acids is 1. The lowest BCUT2D eigenvalue weighted by atomic mass is 9.71. The third kappa shape index (κ3) is 2.32. The van der Waals surface area contributed by atoms with Crippen molar-refractivity contribution in [2.75, 3.05) is 13.7 Å². The van der Waals surface area contributed by atoms with E-state index in [4.69, 9.17) is 14.6 Å². The minimum Gasteiger partial charge on any atom is -0.479 e. The third-order valence-corrected chi connectivity index (χ3v) is 3.47. The van der Waals surface area contributed by atoms with Crippen LogP contribution in [0.2, 0.25) is 0 Å². The third-order valence-electron chi connectivity index (χ3n) is 3.47. The van der Waals surface area contributed by atoms with Gasteiger partial charge in [-0.15, -0.1) is 0 Å². The first-order valence-corrected chi connectivity index (χ1v) is 5.28. The second-order valence-electron chi connectivity index (χ2n) is 4.75. The van der Waals surface area contributed by atoms with Crippen molar-refractivity contribution < 1.29 is 19.4 Å². The molecule has 0 aliphatic carbocycles. The topological polar surface area (TPSA) is 55.8 Å². The average molecular weight is 216 g/mol. The van der Waals surface area contributed by atoms with Crippen molar-refractivity contribution >= 4 is 5.97 Å². The summed E-state index contributed by atoms with van der Waals surface area (Å²) in [6.45, 7) is 6.58. The zero-order valence-corrected chi connectivity index (χ0v) is 9.82. The van der Waals surface area contributed by atoms with Crippen molar-refractivity contribution in [2.24, 2.45) is 11.3 Å². The predicted molar refractivity (Wildman–Crippen MR) is 55.7 cm³/mol. The molecule has 0 aromatic carbocycles. The van der Waals surface area contributed by atoms with Crippen LogP contribution in [0.3, 0.4) is 0 Å². The first-order chi connectivity index (χ1) is 6.91. The van der Waals surface area contributed by atoms with Crippen LogP contribution in [0.1, 0.15) is 27.2 Å². The van der Waals surface area contributed by atoms with Gasteiger partial charge in [-0.1, -0.05) is 13.8 Å². The van der Waals surface area contributed by atoms with Crippen LogP contribution in [0.5, 0.6) is 0 Å². The summed E-state index contributed by atoms with van der Waals surface area (Å²) < 4.78 is 10.6. The van der Waals surface area contributed by atoms with E-state index >= 15 is 0 Å². The molecule has 0 saturated carbocycles. The SMILES string of the molecule is COC(C(=O)O)C(C)(C)C1CCOC1C. The number of aliphatic carboxylic acids is 1. The summed E-state index contributed by atoms with van der Waals surface area (Å²) in [6, 6.07) is 0. The molecule has 4 nitrogen and oxygen atoms in total. The molecule has 1 aliphatic rings. The van der Waals surface area contributed by atoms with Gasteiger partial charge in [0.2, 0.25) is 0 Å². The monoisotopic (exact) mass is 216 g/mol. The molecule has 1 fully saturated rings. The molecule has 0 radical (unpaired) electrons. The maximum atomic E-state index is 11.1. The molecule has 1 saturated heterocycles. The lowest BCUT2D eigenvalue weighted by Crippen LogP contribution is -2.45. The van der Waals surface area contributed by atoms with Gasteiger partial charge in [-0.3, -0.25) is 0 Å². The van der Waals surface area contributed by atoms with Crippen molar-refractivity contribution in [1.29, 1.82) is 0 Å². The van der Waals surface area contributed by atoms with Gasteiger partial charge in [-0.05, 0) is 19.3 Å². The number of methoxy groups -OCH3 is 1. The standard InChI is InChI=1S/C11H20O4/c1-7-8(5-6-15-7)11(2,3)9(14-4)10(12)13/h7-9H,5-6H2,1-4H3,(H,12,13). The fourth-order valence-corrected chi connectivity index (χ4v) is 2.63. The van der Waals surface area contributed by atoms with Crippen molar-refractivity contribution in [3.63, 3.8) is 0 Å². The molecule has 88 valence electrons. The Kier molecular flexibility index (Phi) is 3.73. The second kappa shape index (κ2) is 4.49. The first kappa shape index (κ1) is 12.5. The average Bonchev–Trinajstić information content (AvgIpc) is 2.51. The summed E-state index contributed by atoms with van der Waals surface area (Å²) >= 11 is 0. The molecule has 3 atom stereocenters. The molecular formula is C11H20O4. The Hall–Kier alpha value is -0.610. The number of carbonyl (C=O) groups is 1. The second-order valence-corrected chi connectivity index (χ2v) is 4.75. The highest BCUT2D eigenvalue weighted by molar-refractivity contribution is 5.73. The number of hydrogen-bond acceptors (Lipinski definition) is 3. The number of carboxylic acid groups (broad SMARTS) is 1. The summed E-state index contributed by atoms with van der Waals surface area (Å²) in [4.78, 5) is 11.1. The maximum absolute atomic E-state index is 11.1. The normalized spacial score (nSPS) is 29.1. The van der Waals surface area contributed by atoms with E-state index in [1.54, 1.807) is 0 Å². The Morgan fingerprint density at radius 3 is 2.53 bits per heavy atom. The lowest BCUT2D eigenvalue weighted by Gasteiger charge is -2.37. The molecule has 0 amide bonds. The van der Waals surface area contributed by atoms with Crippen molar-refractivity contribution in [3.8, 4) is 0 Å². The van der Waals surface area contributed by atoms with Crippen molar-refractivity contribution in [1.82, 2.24) is 0 Å². The van der Waals surface area contributed by atoms with E-state index in [9.17, 15) is 4.79 Å². The van der Waals surface area contributed by atoms with Crippen LogP contribution >= 0.6 is 0 Å².